The number of halogens is 1. The molecule has 1 aliphatic heterocycles. The van der Waals surface area contributed by atoms with E-state index in [1.165, 1.54) is 0 Å². The maximum Gasteiger partial charge on any atom is 0.260 e. The second kappa shape index (κ2) is 4.85. The number of benzene rings is 1. The second-order valence-corrected chi connectivity index (χ2v) is 7.84. The molecule has 3 rings (SSSR count). The van der Waals surface area contributed by atoms with E-state index in [4.69, 9.17) is 10.3 Å². The van der Waals surface area contributed by atoms with E-state index in [0.717, 1.165) is 4.47 Å². The Morgan fingerprint density at radius 3 is 2.90 bits per heavy atom. The van der Waals surface area contributed by atoms with Crippen molar-refractivity contribution in [3.05, 3.63) is 28.5 Å². The van der Waals surface area contributed by atoms with Gasteiger partial charge in [0.05, 0.1) is 22.8 Å². The molecule has 1 aromatic carbocycles. The van der Waals surface area contributed by atoms with Crippen LogP contribution in [0.15, 0.2) is 27.2 Å². The van der Waals surface area contributed by atoms with Crippen molar-refractivity contribution < 1.29 is 12.9 Å². The first kappa shape index (κ1) is 13.6. The Bertz CT molecular complexity index is 757. The van der Waals surface area contributed by atoms with Gasteiger partial charge in [0.15, 0.2) is 15.7 Å². The van der Waals surface area contributed by atoms with Crippen LogP contribution in [-0.2, 0) is 9.84 Å². The molecule has 6 nitrogen and oxygen atoms in total. The third-order valence-electron chi connectivity index (χ3n) is 3.32. The van der Waals surface area contributed by atoms with E-state index in [0.29, 0.717) is 29.4 Å². The number of anilines is 1. The Hall–Kier alpha value is -1.41. The molecule has 2 aromatic rings. The molecule has 1 unspecified atom stereocenters. The van der Waals surface area contributed by atoms with E-state index in [-0.39, 0.29) is 17.4 Å². The molecule has 2 heterocycles. The molecule has 0 saturated carbocycles. The van der Waals surface area contributed by atoms with Crippen LogP contribution in [0.25, 0.3) is 11.5 Å². The molecule has 0 spiro atoms. The summed E-state index contributed by atoms with van der Waals surface area (Å²) in [5.74, 6) is 0.815. The summed E-state index contributed by atoms with van der Waals surface area (Å²) in [7, 11) is -2.97. The SMILES string of the molecule is Nc1c(Br)cccc1-c1nc(C2CCS(=O)(=O)C2)no1. The summed E-state index contributed by atoms with van der Waals surface area (Å²) in [5, 5.41) is 3.89. The molecule has 106 valence electrons. The topological polar surface area (TPSA) is 99.1 Å². The van der Waals surface area contributed by atoms with Crippen molar-refractivity contribution >= 4 is 31.5 Å². The van der Waals surface area contributed by atoms with Crippen molar-refractivity contribution in [2.24, 2.45) is 0 Å². The third kappa shape index (κ3) is 2.45. The van der Waals surface area contributed by atoms with Crippen LogP contribution in [0.3, 0.4) is 0 Å². The molecule has 1 fully saturated rings. The Kier molecular flexibility index (Phi) is 3.29. The van der Waals surface area contributed by atoms with E-state index in [1.807, 2.05) is 12.1 Å². The van der Waals surface area contributed by atoms with Gasteiger partial charge in [-0.2, -0.15) is 4.98 Å². The van der Waals surface area contributed by atoms with Gasteiger partial charge in [0.1, 0.15) is 0 Å². The Balaban J connectivity index is 1.93. The van der Waals surface area contributed by atoms with Gasteiger partial charge >= 0.3 is 0 Å². The summed E-state index contributed by atoms with van der Waals surface area (Å²) in [4.78, 5) is 4.29. The molecule has 1 aliphatic rings. The summed E-state index contributed by atoms with van der Waals surface area (Å²) >= 11 is 3.34. The van der Waals surface area contributed by atoms with Crippen molar-refractivity contribution in [1.82, 2.24) is 10.1 Å². The number of sulfone groups is 1. The summed E-state index contributed by atoms with van der Waals surface area (Å²) in [5.41, 5.74) is 7.10. The van der Waals surface area contributed by atoms with E-state index < -0.39 is 9.84 Å². The maximum absolute atomic E-state index is 11.5. The van der Waals surface area contributed by atoms with Gasteiger partial charge in [0, 0.05) is 10.4 Å². The average Bonchev–Trinajstić information content (AvgIpc) is 2.99. The van der Waals surface area contributed by atoms with Crippen molar-refractivity contribution in [1.29, 1.82) is 0 Å². The standard InChI is InChI=1S/C12H12BrN3O3S/c13-9-3-1-2-8(10(9)14)12-15-11(16-19-12)7-4-5-20(17,18)6-7/h1-3,7H,4-6,14H2. The fourth-order valence-corrected chi connectivity index (χ4v) is 4.34. The van der Waals surface area contributed by atoms with Crippen molar-refractivity contribution in [3.63, 3.8) is 0 Å². The van der Waals surface area contributed by atoms with Gasteiger partial charge in [-0.3, -0.25) is 0 Å². The highest BCUT2D eigenvalue weighted by Gasteiger charge is 2.32. The van der Waals surface area contributed by atoms with Crippen molar-refractivity contribution in [3.8, 4) is 11.5 Å². The second-order valence-electron chi connectivity index (χ2n) is 4.76. The van der Waals surface area contributed by atoms with Crippen LogP contribution in [0, 0.1) is 0 Å². The fourth-order valence-electron chi connectivity index (χ4n) is 2.23. The van der Waals surface area contributed by atoms with Gasteiger partial charge in [0.2, 0.25) is 0 Å². The van der Waals surface area contributed by atoms with Crippen LogP contribution in [0.2, 0.25) is 0 Å². The molecule has 0 amide bonds. The van der Waals surface area contributed by atoms with Crippen LogP contribution in [0.1, 0.15) is 18.2 Å². The minimum atomic E-state index is -2.97. The highest BCUT2D eigenvalue weighted by Crippen LogP contribution is 2.33. The van der Waals surface area contributed by atoms with Gasteiger partial charge in [-0.1, -0.05) is 11.2 Å². The van der Waals surface area contributed by atoms with Crippen LogP contribution in [-0.4, -0.2) is 30.1 Å². The van der Waals surface area contributed by atoms with Crippen molar-refractivity contribution in [2.45, 2.75) is 12.3 Å². The zero-order valence-electron chi connectivity index (χ0n) is 10.4. The van der Waals surface area contributed by atoms with Gasteiger partial charge in [-0.25, -0.2) is 8.42 Å². The minimum absolute atomic E-state index is 0.0833. The Morgan fingerprint density at radius 2 is 2.20 bits per heavy atom. The minimum Gasteiger partial charge on any atom is -0.397 e. The summed E-state index contributed by atoms with van der Waals surface area (Å²) in [6.07, 6.45) is 0.537. The lowest BCUT2D eigenvalue weighted by Gasteiger charge is -2.02. The molecule has 1 atom stereocenters. The monoisotopic (exact) mass is 357 g/mol. The molecule has 0 radical (unpaired) electrons. The van der Waals surface area contributed by atoms with Gasteiger partial charge in [0.25, 0.3) is 5.89 Å². The number of rotatable bonds is 2. The first-order valence-electron chi connectivity index (χ1n) is 6.05. The zero-order chi connectivity index (χ0) is 14.3. The lowest BCUT2D eigenvalue weighted by molar-refractivity contribution is 0.418. The number of hydrogen-bond donors (Lipinski definition) is 1. The molecule has 0 bridgehead atoms. The van der Waals surface area contributed by atoms with E-state index in [2.05, 4.69) is 26.1 Å². The normalized spacial score (nSPS) is 21.1. The molecular formula is C12H12BrN3O3S. The van der Waals surface area contributed by atoms with E-state index >= 15 is 0 Å². The number of para-hydroxylation sites is 1. The Labute approximate surface area is 124 Å². The first-order chi connectivity index (χ1) is 9.46. The molecule has 0 aliphatic carbocycles. The molecule has 20 heavy (non-hydrogen) atoms. The number of nitrogen functional groups attached to an aromatic ring is 1. The number of aromatic nitrogens is 2. The highest BCUT2D eigenvalue weighted by molar-refractivity contribution is 9.10. The first-order valence-corrected chi connectivity index (χ1v) is 8.66. The lowest BCUT2D eigenvalue weighted by atomic mass is 10.1. The maximum atomic E-state index is 11.5. The molecule has 1 saturated heterocycles. The smallest absolute Gasteiger partial charge is 0.260 e. The molecule has 2 N–H and O–H groups in total. The fraction of sp³-hybridized carbons (Fsp3) is 0.333. The summed E-state index contributed by atoms with van der Waals surface area (Å²) in [6.45, 7) is 0. The highest BCUT2D eigenvalue weighted by atomic mass is 79.9. The summed E-state index contributed by atoms with van der Waals surface area (Å²) < 4.78 is 28.9. The van der Waals surface area contributed by atoms with Gasteiger partial charge in [-0.15, -0.1) is 0 Å². The third-order valence-corrected chi connectivity index (χ3v) is 5.78. The number of nitrogens with zero attached hydrogens (tertiary/aromatic N) is 2. The van der Waals surface area contributed by atoms with E-state index in [9.17, 15) is 8.42 Å². The average molecular weight is 358 g/mol. The lowest BCUT2D eigenvalue weighted by Crippen LogP contribution is -2.05. The van der Waals surface area contributed by atoms with E-state index in [1.54, 1.807) is 6.07 Å². The van der Waals surface area contributed by atoms with Crippen LogP contribution >= 0.6 is 15.9 Å². The predicted octanol–water partition coefficient (Wildman–Crippen LogP) is 1.98. The van der Waals surface area contributed by atoms with Gasteiger partial charge in [-0.05, 0) is 34.5 Å². The molecule has 8 heteroatoms. The Morgan fingerprint density at radius 1 is 1.40 bits per heavy atom. The zero-order valence-corrected chi connectivity index (χ0v) is 12.8. The summed E-state index contributed by atoms with van der Waals surface area (Å²) in [6, 6.07) is 5.42. The van der Waals surface area contributed by atoms with Crippen LogP contribution < -0.4 is 5.73 Å². The predicted molar refractivity (Wildman–Crippen MR) is 77.9 cm³/mol. The number of nitrogens with two attached hydrogens (primary N) is 1. The molecule has 1 aromatic heterocycles. The van der Waals surface area contributed by atoms with Gasteiger partial charge < -0.3 is 10.3 Å². The number of hydrogen-bond acceptors (Lipinski definition) is 6. The van der Waals surface area contributed by atoms with Crippen molar-refractivity contribution in [2.75, 3.05) is 17.2 Å². The van der Waals surface area contributed by atoms with Crippen LogP contribution in [0.4, 0.5) is 5.69 Å². The van der Waals surface area contributed by atoms with Crippen LogP contribution in [0.5, 0.6) is 0 Å². The quantitative estimate of drug-likeness (QED) is 0.825. The largest absolute Gasteiger partial charge is 0.397 e. The molecular weight excluding hydrogens is 346 g/mol.